The Hall–Kier alpha value is -1.82. The molecule has 16 heavy (non-hydrogen) atoms. The summed E-state index contributed by atoms with van der Waals surface area (Å²) in [5, 5.41) is 9.80. The molecule has 1 heterocycles. The third-order valence-corrected chi connectivity index (χ3v) is 2.28. The molecule has 2 aromatic rings. The largest absolute Gasteiger partial charge is 0.322 e. The maximum absolute atomic E-state index is 13.3. The molecule has 3 N–H and O–H groups in total. The summed E-state index contributed by atoms with van der Waals surface area (Å²) < 4.78 is 26.3. The second-order valence-corrected chi connectivity index (χ2v) is 3.42. The third-order valence-electron chi connectivity index (χ3n) is 2.28. The first-order chi connectivity index (χ1) is 7.68. The van der Waals surface area contributed by atoms with Crippen molar-refractivity contribution in [1.82, 2.24) is 15.4 Å². The van der Waals surface area contributed by atoms with Gasteiger partial charge in [0.15, 0.2) is 11.6 Å². The van der Waals surface area contributed by atoms with Crippen LogP contribution >= 0.6 is 0 Å². The zero-order chi connectivity index (χ0) is 11.5. The fourth-order valence-corrected chi connectivity index (χ4v) is 1.44. The van der Waals surface area contributed by atoms with Gasteiger partial charge in [0, 0.05) is 0 Å². The van der Waals surface area contributed by atoms with Gasteiger partial charge in [-0.3, -0.25) is 0 Å². The van der Waals surface area contributed by atoms with E-state index >= 15 is 0 Å². The first-order valence-electron chi connectivity index (χ1n) is 4.72. The highest BCUT2D eigenvalue weighted by Gasteiger charge is 2.14. The Morgan fingerprint density at radius 3 is 2.88 bits per heavy atom. The van der Waals surface area contributed by atoms with Gasteiger partial charge in [-0.15, -0.1) is 0 Å². The van der Waals surface area contributed by atoms with Gasteiger partial charge in [0.05, 0.1) is 17.9 Å². The number of hydrogen-bond donors (Lipinski definition) is 2. The monoisotopic (exact) mass is 224 g/mol. The molecule has 1 aromatic carbocycles. The molecule has 0 spiro atoms. The Balaban J connectivity index is 2.18. The van der Waals surface area contributed by atoms with Crippen molar-refractivity contribution in [2.45, 2.75) is 12.5 Å². The summed E-state index contributed by atoms with van der Waals surface area (Å²) in [6, 6.07) is 3.51. The van der Waals surface area contributed by atoms with Crippen LogP contribution in [0.25, 0.3) is 0 Å². The highest BCUT2D eigenvalue weighted by Crippen LogP contribution is 2.17. The van der Waals surface area contributed by atoms with Crippen LogP contribution in [0.1, 0.15) is 17.3 Å². The minimum Gasteiger partial charge on any atom is -0.322 e. The van der Waals surface area contributed by atoms with Gasteiger partial charge >= 0.3 is 0 Å². The number of nitrogens with zero attached hydrogens (tertiary/aromatic N) is 2. The fraction of sp³-hybridized carbons (Fsp3) is 0.200. The molecule has 1 unspecified atom stereocenters. The zero-order valence-corrected chi connectivity index (χ0v) is 8.32. The van der Waals surface area contributed by atoms with Gasteiger partial charge in [-0.05, 0) is 18.1 Å². The number of aromatic amines is 1. The highest BCUT2D eigenvalue weighted by atomic mass is 19.2. The minimum absolute atomic E-state index is 0.177. The van der Waals surface area contributed by atoms with E-state index < -0.39 is 17.7 Å². The van der Waals surface area contributed by atoms with Crippen LogP contribution in [0.3, 0.4) is 0 Å². The average Bonchev–Trinajstić information content (AvgIpc) is 2.78. The molecule has 4 nitrogen and oxygen atoms in total. The molecule has 1 atom stereocenters. The number of rotatable bonds is 3. The quantitative estimate of drug-likeness (QED) is 0.826. The number of hydrogen-bond acceptors (Lipinski definition) is 3. The Labute approximate surface area is 90.5 Å². The van der Waals surface area contributed by atoms with Crippen molar-refractivity contribution in [2.75, 3.05) is 0 Å². The Bertz CT molecular complexity index is 470. The van der Waals surface area contributed by atoms with Gasteiger partial charge in [0.25, 0.3) is 0 Å². The molecule has 0 saturated carbocycles. The molecule has 0 aliphatic heterocycles. The topological polar surface area (TPSA) is 67.6 Å². The lowest BCUT2D eigenvalue weighted by Crippen LogP contribution is -2.15. The second-order valence-electron chi connectivity index (χ2n) is 3.42. The molecule has 0 radical (unpaired) electrons. The van der Waals surface area contributed by atoms with Crippen molar-refractivity contribution in [1.29, 1.82) is 0 Å². The standard InChI is InChI=1S/C10H10F2N4/c11-7-3-1-2-6(10(7)12)4-8(13)9-5-14-16-15-9/h1-3,5,8H,4,13H2,(H,14,15,16). The van der Waals surface area contributed by atoms with E-state index in [0.29, 0.717) is 5.69 Å². The SMILES string of the molecule is NC(Cc1cccc(F)c1F)c1cn[nH]n1. The summed E-state index contributed by atoms with van der Waals surface area (Å²) in [5.41, 5.74) is 6.53. The Kier molecular flexibility index (Phi) is 2.91. The second kappa shape index (κ2) is 4.36. The van der Waals surface area contributed by atoms with Crippen LogP contribution in [0.4, 0.5) is 8.78 Å². The summed E-state index contributed by atoms with van der Waals surface area (Å²) in [7, 11) is 0. The number of benzene rings is 1. The van der Waals surface area contributed by atoms with Crippen LogP contribution in [0.2, 0.25) is 0 Å². The first-order valence-corrected chi connectivity index (χ1v) is 4.72. The Morgan fingerprint density at radius 2 is 2.19 bits per heavy atom. The van der Waals surface area contributed by atoms with E-state index in [-0.39, 0.29) is 12.0 Å². The highest BCUT2D eigenvalue weighted by molar-refractivity contribution is 5.21. The van der Waals surface area contributed by atoms with Crippen LogP contribution in [0.15, 0.2) is 24.4 Å². The maximum Gasteiger partial charge on any atom is 0.162 e. The number of halogens is 2. The Morgan fingerprint density at radius 1 is 1.38 bits per heavy atom. The van der Waals surface area contributed by atoms with E-state index in [0.717, 1.165) is 6.07 Å². The van der Waals surface area contributed by atoms with Crippen molar-refractivity contribution >= 4 is 0 Å². The molecule has 0 bridgehead atoms. The van der Waals surface area contributed by atoms with Crippen LogP contribution in [-0.4, -0.2) is 15.4 Å². The fourth-order valence-electron chi connectivity index (χ4n) is 1.44. The van der Waals surface area contributed by atoms with Gasteiger partial charge < -0.3 is 5.73 Å². The van der Waals surface area contributed by atoms with Gasteiger partial charge in [-0.2, -0.15) is 15.4 Å². The van der Waals surface area contributed by atoms with Crippen molar-refractivity contribution in [3.63, 3.8) is 0 Å². The van der Waals surface area contributed by atoms with E-state index in [4.69, 9.17) is 5.73 Å². The molecule has 1 aromatic heterocycles. The van der Waals surface area contributed by atoms with Gasteiger partial charge in [0.1, 0.15) is 0 Å². The van der Waals surface area contributed by atoms with Crippen molar-refractivity contribution < 1.29 is 8.78 Å². The van der Waals surface area contributed by atoms with Crippen LogP contribution in [0.5, 0.6) is 0 Å². The summed E-state index contributed by atoms with van der Waals surface area (Å²) in [5.74, 6) is -1.73. The van der Waals surface area contributed by atoms with Gasteiger partial charge in [0.2, 0.25) is 0 Å². The molecule has 6 heteroatoms. The number of aromatic nitrogens is 3. The molecular formula is C10H10F2N4. The normalized spacial score (nSPS) is 12.7. The molecule has 0 fully saturated rings. The van der Waals surface area contributed by atoms with Crippen molar-refractivity contribution in [3.05, 3.63) is 47.3 Å². The lowest BCUT2D eigenvalue weighted by atomic mass is 10.0. The van der Waals surface area contributed by atoms with Gasteiger partial charge in [-0.25, -0.2) is 8.78 Å². The number of nitrogens with two attached hydrogens (primary N) is 1. The van der Waals surface area contributed by atoms with Crippen LogP contribution in [0, 0.1) is 11.6 Å². The van der Waals surface area contributed by atoms with Gasteiger partial charge in [-0.1, -0.05) is 12.1 Å². The number of H-pyrrole nitrogens is 1. The summed E-state index contributed by atoms with van der Waals surface area (Å²) in [4.78, 5) is 0. The van der Waals surface area contributed by atoms with E-state index in [1.165, 1.54) is 18.3 Å². The third kappa shape index (κ3) is 2.06. The molecular weight excluding hydrogens is 214 g/mol. The molecule has 2 rings (SSSR count). The van der Waals surface area contributed by atoms with E-state index in [9.17, 15) is 8.78 Å². The maximum atomic E-state index is 13.3. The van der Waals surface area contributed by atoms with Crippen molar-refractivity contribution in [2.24, 2.45) is 5.73 Å². The molecule has 0 saturated heterocycles. The summed E-state index contributed by atoms with van der Waals surface area (Å²) in [6.45, 7) is 0. The van der Waals surface area contributed by atoms with E-state index in [1.54, 1.807) is 0 Å². The van der Waals surface area contributed by atoms with E-state index in [1.807, 2.05) is 0 Å². The average molecular weight is 224 g/mol. The molecule has 0 aliphatic rings. The van der Waals surface area contributed by atoms with Crippen molar-refractivity contribution in [3.8, 4) is 0 Å². The van der Waals surface area contributed by atoms with Crippen LogP contribution in [-0.2, 0) is 6.42 Å². The molecule has 84 valence electrons. The predicted molar refractivity (Wildman–Crippen MR) is 53.4 cm³/mol. The summed E-state index contributed by atoms with van der Waals surface area (Å²) >= 11 is 0. The minimum atomic E-state index is -0.871. The molecule has 0 amide bonds. The number of nitrogens with one attached hydrogen (secondary N) is 1. The lowest BCUT2D eigenvalue weighted by molar-refractivity contribution is 0.493. The van der Waals surface area contributed by atoms with Crippen LogP contribution < -0.4 is 5.73 Å². The lowest BCUT2D eigenvalue weighted by Gasteiger charge is -2.09. The zero-order valence-electron chi connectivity index (χ0n) is 8.32. The smallest absolute Gasteiger partial charge is 0.162 e. The summed E-state index contributed by atoms with van der Waals surface area (Å²) in [6.07, 6.45) is 1.64. The van der Waals surface area contributed by atoms with E-state index in [2.05, 4.69) is 15.4 Å². The predicted octanol–water partition coefficient (Wildman–Crippen LogP) is 1.33. The first kappa shape index (κ1) is 10.7. The molecule has 0 aliphatic carbocycles.